The Morgan fingerprint density at radius 3 is 2.39 bits per heavy atom. The van der Waals surface area contributed by atoms with E-state index in [2.05, 4.69) is 11.6 Å². The van der Waals surface area contributed by atoms with E-state index in [0.29, 0.717) is 27.7 Å². The van der Waals surface area contributed by atoms with Crippen molar-refractivity contribution in [3.05, 3.63) is 108 Å². The standard InChI is InChI=1S/C29H26ClFN2O6S2/c1-19(16-30)26(29(35)39-18-21-10-14-23(38-2)15-11-21)33-27(34)25(32-17-20-8-12-22(31)13-9-20)28(33)40-41(36,37)24-6-4-3-5-7-24/h3-15,17,25-26,28H,1,16,18H2,2H3. The van der Waals surface area contributed by atoms with E-state index in [9.17, 15) is 22.4 Å². The van der Waals surface area contributed by atoms with Crippen molar-refractivity contribution in [3.63, 3.8) is 0 Å². The van der Waals surface area contributed by atoms with Crippen molar-refractivity contribution in [2.45, 2.75) is 29.0 Å². The minimum absolute atomic E-state index is 0.0281. The summed E-state index contributed by atoms with van der Waals surface area (Å²) in [4.78, 5) is 32.2. The third-order valence-electron chi connectivity index (χ3n) is 6.16. The minimum atomic E-state index is -3.98. The average Bonchev–Trinajstić information content (AvgIpc) is 2.99. The molecule has 3 atom stereocenters. The highest BCUT2D eigenvalue weighted by Gasteiger charge is 2.55. The number of hydrogen-bond donors (Lipinski definition) is 0. The van der Waals surface area contributed by atoms with Gasteiger partial charge in [0.2, 0.25) is 8.87 Å². The Balaban J connectivity index is 1.62. The normalized spacial score (nSPS) is 17.6. The van der Waals surface area contributed by atoms with Gasteiger partial charge in [-0.3, -0.25) is 9.79 Å². The number of nitrogens with zero attached hydrogens (tertiary/aromatic N) is 2. The monoisotopic (exact) mass is 616 g/mol. The lowest BCUT2D eigenvalue weighted by atomic mass is 9.99. The van der Waals surface area contributed by atoms with E-state index in [0.717, 1.165) is 4.90 Å². The van der Waals surface area contributed by atoms with Crippen LogP contribution < -0.4 is 4.74 Å². The van der Waals surface area contributed by atoms with Crippen LogP contribution >= 0.6 is 22.4 Å². The Kier molecular flexibility index (Phi) is 9.85. The van der Waals surface area contributed by atoms with Crippen molar-refractivity contribution in [2.24, 2.45) is 4.99 Å². The fourth-order valence-electron chi connectivity index (χ4n) is 3.97. The first kappa shape index (κ1) is 30.3. The Bertz CT molecular complexity index is 1530. The molecule has 0 spiro atoms. The van der Waals surface area contributed by atoms with Gasteiger partial charge in [0, 0.05) is 22.9 Å². The first-order chi connectivity index (χ1) is 19.6. The maximum Gasteiger partial charge on any atom is 0.333 e. The van der Waals surface area contributed by atoms with Crippen LogP contribution in [-0.2, 0) is 29.8 Å². The summed E-state index contributed by atoms with van der Waals surface area (Å²) in [5, 5.41) is -1.11. The maximum absolute atomic E-state index is 13.4. The molecule has 3 aromatic carbocycles. The number of ether oxygens (including phenoxy) is 2. The zero-order chi connectivity index (χ0) is 29.6. The number of methoxy groups -OCH3 is 1. The van der Waals surface area contributed by atoms with Gasteiger partial charge in [-0.1, -0.05) is 49.0 Å². The molecule has 214 valence electrons. The number of alkyl halides is 1. The summed E-state index contributed by atoms with van der Waals surface area (Å²) >= 11 is 6.04. The van der Waals surface area contributed by atoms with Crippen LogP contribution in [0.3, 0.4) is 0 Å². The van der Waals surface area contributed by atoms with Crippen LogP contribution in [0.25, 0.3) is 0 Å². The predicted octanol–water partition coefficient (Wildman–Crippen LogP) is 4.82. The van der Waals surface area contributed by atoms with Crippen LogP contribution in [0.4, 0.5) is 4.39 Å². The molecule has 3 aromatic rings. The van der Waals surface area contributed by atoms with E-state index in [1.54, 1.807) is 42.5 Å². The number of amides is 1. The molecule has 1 heterocycles. The van der Waals surface area contributed by atoms with E-state index in [4.69, 9.17) is 21.1 Å². The van der Waals surface area contributed by atoms with Crippen LogP contribution in [-0.4, -0.2) is 61.9 Å². The summed E-state index contributed by atoms with van der Waals surface area (Å²) in [5.74, 6) is -1.42. The molecule has 0 bridgehead atoms. The molecule has 1 amide bonds. The second kappa shape index (κ2) is 13.3. The molecule has 0 N–H and O–H groups in total. The first-order valence-corrected chi connectivity index (χ1v) is 15.7. The fourth-order valence-corrected chi connectivity index (χ4v) is 7.63. The topological polar surface area (TPSA) is 102 Å². The molecule has 12 heteroatoms. The second-order valence-corrected chi connectivity index (χ2v) is 13.1. The summed E-state index contributed by atoms with van der Waals surface area (Å²) in [7, 11) is -1.96. The number of aliphatic imine (C=N–C) groups is 1. The molecule has 0 radical (unpaired) electrons. The molecule has 3 unspecified atom stereocenters. The quantitative estimate of drug-likeness (QED) is 0.0718. The fraction of sp³-hybridized carbons (Fsp3) is 0.207. The second-order valence-electron chi connectivity index (χ2n) is 8.92. The SMILES string of the molecule is C=C(CCl)C(C(=O)OCc1ccc(OC)cc1)N1C(=O)C(N=Cc2ccc(F)cc2)C1SS(=O)(=O)c1ccccc1. The van der Waals surface area contributed by atoms with Gasteiger partial charge in [-0.05, 0) is 53.1 Å². The highest BCUT2D eigenvalue weighted by molar-refractivity contribution is 8.72. The van der Waals surface area contributed by atoms with Gasteiger partial charge in [0.25, 0.3) is 5.91 Å². The summed E-state index contributed by atoms with van der Waals surface area (Å²) in [6, 6.07) is 17.5. The molecule has 1 aliphatic rings. The number of esters is 1. The molecule has 1 fully saturated rings. The minimum Gasteiger partial charge on any atom is -0.497 e. The van der Waals surface area contributed by atoms with Gasteiger partial charge in [-0.2, -0.15) is 0 Å². The van der Waals surface area contributed by atoms with Gasteiger partial charge in [-0.25, -0.2) is 17.6 Å². The molecule has 0 saturated carbocycles. The van der Waals surface area contributed by atoms with Gasteiger partial charge in [0.15, 0.2) is 12.1 Å². The average molecular weight is 617 g/mol. The van der Waals surface area contributed by atoms with Crippen molar-refractivity contribution in [3.8, 4) is 5.75 Å². The highest BCUT2D eigenvalue weighted by atomic mass is 35.5. The molecular weight excluding hydrogens is 591 g/mol. The Morgan fingerprint density at radius 1 is 1.12 bits per heavy atom. The number of carbonyl (C=O) groups is 2. The predicted molar refractivity (Wildman–Crippen MR) is 156 cm³/mol. The van der Waals surface area contributed by atoms with Gasteiger partial charge in [0.05, 0.1) is 12.0 Å². The third kappa shape index (κ3) is 7.16. The van der Waals surface area contributed by atoms with Gasteiger partial charge >= 0.3 is 5.97 Å². The van der Waals surface area contributed by atoms with Gasteiger partial charge < -0.3 is 14.4 Å². The molecular formula is C29H26ClFN2O6S2. The number of carbonyl (C=O) groups excluding carboxylic acids is 2. The highest BCUT2D eigenvalue weighted by Crippen LogP contribution is 2.41. The number of β-lactam (4-membered cyclic amide) rings is 1. The Labute approximate surface area is 246 Å². The first-order valence-electron chi connectivity index (χ1n) is 12.3. The van der Waals surface area contributed by atoms with Crippen LogP contribution in [0, 0.1) is 5.82 Å². The number of halogens is 2. The molecule has 4 rings (SSSR count). The number of likely N-dealkylation sites (tertiary alicyclic amines) is 1. The number of benzene rings is 3. The van der Waals surface area contributed by atoms with E-state index >= 15 is 0 Å². The molecule has 1 aliphatic heterocycles. The largest absolute Gasteiger partial charge is 0.497 e. The van der Waals surface area contributed by atoms with Crippen molar-refractivity contribution in [1.29, 1.82) is 0 Å². The summed E-state index contributed by atoms with van der Waals surface area (Å²) in [6.07, 6.45) is 1.36. The maximum atomic E-state index is 13.4. The molecule has 41 heavy (non-hydrogen) atoms. The lowest BCUT2D eigenvalue weighted by Crippen LogP contribution is -2.68. The summed E-state index contributed by atoms with van der Waals surface area (Å²) < 4.78 is 50.6. The van der Waals surface area contributed by atoms with Crippen molar-refractivity contribution in [1.82, 2.24) is 4.90 Å². The Hall–Kier alpha value is -3.67. The molecule has 1 saturated heterocycles. The zero-order valence-corrected chi connectivity index (χ0v) is 24.2. The van der Waals surface area contributed by atoms with Crippen LogP contribution in [0.15, 0.2) is 101 Å². The van der Waals surface area contributed by atoms with Crippen molar-refractivity contribution in [2.75, 3.05) is 13.0 Å². The number of hydrogen-bond acceptors (Lipinski definition) is 8. The lowest BCUT2D eigenvalue weighted by Gasteiger charge is -2.47. The van der Waals surface area contributed by atoms with Crippen LogP contribution in [0.1, 0.15) is 11.1 Å². The van der Waals surface area contributed by atoms with Crippen molar-refractivity contribution >= 4 is 49.4 Å². The van der Waals surface area contributed by atoms with Crippen LogP contribution in [0.2, 0.25) is 0 Å². The van der Waals surface area contributed by atoms with E-state index < -0.39 is 44.0 Å². The van der Waals surface area contributed by atoms with Crippen LogP contribution in [0.5, 0.6) is 5.75 Å². The Morgan fingerprint density at radius 2 is 1.78 bits per heavy atom. The van der Waals surface area contributed by atoms with Gasteiger partial charge in [0.1, 0.15) is 23.5 Å². The number of rotatable bonds is 12. The van der Waals surface area contributed by atoms with E-state index in [-0.39, 0.29) is 23.0 Å². The van der Waals surface area contributed by atoms with E-state index in [1.807, 2.05) is 0 Å². The van der Waals surface area contributed by atoms with Crippen molar-refractivity contribution < 1.29 is 31.9 Å². The zero-order valence-electron chi connectivity index (χ0n) is 21.9. The lowest BCUT2D eigenvalue weighted by molar-refractivity contribution is -0.161. The van der Waals surface area contributed by atoms with E-state index in [1.165, 1.54) is 49.7 Å². The molecule has 8 nitrogen and oxygen atoms in total. The smallest absolute Gasteiger partial charge is 0.333 e. The molecule has 0 aromatic heterocycles. The van der Waals surface area contributed by atoms with Gasteiger partial charge in [-0.15, -0.1) is 11.6 Å². The summed E-state index contributed by atoms with van der Waals surface area (Å²) in [5.41, 5.74) is 1.33. The summed E-state index contributed by atoms with van der Waals surface area (Å²) in [6.45, 7) is 3.74. The molecule has 0 aliphatic carbocycles. The third-order valence-corrected chi connectivity index (χ3v) is 10.2.